The molecule has 0 unspecified atom stereocenters. The third-order valence-electron chi connectivity index (χ3n) is 2.83. The van der Waals surface area contributed by atoms with Crippen LogP contribution in [0, 0.1) is 0 Å². The van der Waals surface area contributed by atoms with Crippen LogP contribution in [0.4, 0.5) is 5.69 Å². The second-order valence-corrected chi connectivity index (χ2v) is 4.16. The normalized spacial score (nSPS) is 10.2. The van der Waals surface area contributed by atoms with Gasteiger partial charge < -0.3 is 9.88 Å². The largest absolute Gasteiger partial charge is 0.319 e. The van der Waals surface area contributed by atoms with Gasteiger partial charge in [0.15, 0.2) is 0 Å². The molecule has 1 aromatic carbocycles. The molecule has 0 fully saturated rings. The summed E-state index contributed by atoms with van der Waals surface area (Å²) in [6.45, 7) is 0. The van der Waals surface area contributed by atoms with Crippen LogP contribution in [-0.4, -0.2) is 20.4 Å². The van der Waals surface area contributed by atoms with Gasteiger partial charge in [-0.15, -0.1) is 0 Å². The van der Waals surface area contributed by atoms with Gasteiger partial charge in [0.05, 0.1) is 17.7 Å². The fourth-order valence-electron chi connectivity index (χ4n) is 1.89. The van der Waals surface area contributed by atoms with Gasteiger partial charge in [-0.3, -0.25) is 9.78 Å². The lowest BCUT2D eigenvalue weighted by Crippen LogP contribution is -2.14. The first-order chi connectivity index (χ1) is 9.84. The van der Waals surface area contributed by atoms with E-state index < -0.39 is 0 Å². The molecule has 0 aliphatic carbocycles. The fraction of sp³-hybridized carbons (Fsp3) is 0. The molecule has 0 saturated carbocycles. The molecule has 98 valence electrons. The van der Waals surface area contributed by atoms with E-state index in [1.54, 1.807) is 36.9 Å². The topological polar surface area (TPSA) is 59.8 Å². The number of carbonyl (C=O) groups is 1. The van der Waals surface area contributed by atoms with E-state index in [0.29, 0.717) is 11.4 Å². The van der Waals surface area contributed by atoms with E-state index in [1.807, 2.05) is 35.0 Å². The number of rotatable bonds is 3. The monoisotopic (exact) mass is 264 g/mol. The molecule has 0 atom stereocenters. The third-order valence-corrected chi connectivity index (χ3v) is 2.83. The molecule has 0 spiro atoms. The van der Waals surface area contributed by atoms with Crippen molar-refractivity contribution in [2.75, 3.05) is 5.32 Å². The maximum atomic E-state index is 12.1. The molecule has 20 heavy (non-hydrogen) atoms. The number of benzene rings is 1. The predicted octanol–water partition coefficient (Wildman–Crippen LogP) is 2.52. The Morgan fingerprint density at radius 3 is 2.65 bits per heavy atom. The molecule has 0 aliphatic heterocycles. The molecule has 5 nitrogen and oxygen atoms in total. The van der Waals surface area contributed by atoms with Gasteiger partial charge in [0, 0.05) is 18.6 Å². The van der Waals surface area contributed by atoms with Gasteiger partial charge >= 0.3 is 0 Å². The smallest absolute Gasteiger partial charge is 0.274 e. The van der Waals surface area contributed by atoms with Gasteiger partial charge in [0.2, 0.25) is 0 Å². The summed E-state index contributed by atoms with van der Waals surface area (Å²) >= 11 is 0. The maximum Gasteiger partial charge on any atom is 0.274 e. The molecular weight excluding hydrogens is 252 g/mol. The van der Waals surface area contributed by atoms with Gasteiger partial charge in [0.25, 0.3) is 5.91 Å². The zero-order chi connectivity index (χ0) is 13.8. The van der Waals surface area contributed by atoms with Crippen molar-refractivity contribution >= 4 is 11.6 Å². The zero-order valence-corrected chi connectivity index (χ0v) is 10.6. The lowest BCUT2D eigenvalue weighted by molar-refractivity contribution is 0.102. The van der Waals surface area contributed by atoms with Crippen molar-refractivity contribution in [2.45, 2.75) is 0 Å². The minimum Gasteiger partial charge on any atom is -0.319 e. The first-order valence-corrected chi connectivity index (χ1v) is 6.14. The zero-order valence-electron chi connectivity index (χ0n) is 10.6. The summed E-state index contributed by atoms with van der Waals surface area (Å²) in [6.07, 6.45) is 6.80. The van der Waals surface area contributed by atoms with Crippen LogP contribution in [0.25, 0.3) is 5.69 Å². The second kappa shape index (κ2) is 5.36. The number of aromatic nitrogens is 3. The van der Waals surface area contributed by atoms with Crippen molar-refractivity contribution in [1.29, 1.82) is 0 Å². The average molecular weight is 264 g/mol. The van der Waals surface area contributed by atoms with Crippen LogP contribution < -0.4 is 5.32 Å². The third kappa shape index (κ3) is 2.42. The fourth-order valence-corrected chi connectivity index (χ4v) is 1.89. The maximum absolute atomic E-state index is 12.1. The van der Waals surface area contributed by atoms with Gasteiger partial charge in [-0.2, -0.15) is 0 Å². The Bertz CT molecular complexity index is 708. The molecular formula is C15H12N4O. The lowest BCUT2D eigenvalue weighted by Gasteiger charge is -2.11. The van der Waals surface area contributed by atoms with E-state index >= 15 is 0 Å². The average Bonchev–Trinajstić information content (AvgIpc) is 3.03. The standard InChI is InChI=1S/C15H12N4O/c20-15(13-6-3-4-8-17-13)18-12-5-1-2-7-14(12)19-10-9-16-11-19/h1-11H,(H,18,20). The lowest BCUT2D eigenvalue weighted by atomic mass is 10.2. The number of hydrogen-bond donors (Lipinski definition) is 1. The predicted molar refractivity (Wildman–Crippen MR) is 75.8 cm³/mol. The second-order valence-electron chi connectivity index (χ2n) is 4.16. The number of imidazole rings is 1. The molecule has 0 saturated heterocycles. The molecule has 5 heteroatoms. The first kappa shape index (κ1) is 12.1. The molecule has 0 aliphatic rings. The Morgan fingerprint density at radius 2 is 1.90 bits per heavy atom. The summed E-state index contributed by atoms with van der Waals surface area (Å²) in [4.78, 5) is 20.2. The number of nitrogens with zero attached hydrogens (tertiary/aromatic N) is 3. The molecule has 2 heterocycles. The number of nitrogens with one attached hydrogen (secondary N) is 1. The van der Waals surface area contributed by atoms with Crippen LogP contribution in [0.1, 0.15) is 10.5 Å². The van der Waals surface area contributed by atoms with Crippen molar-refractivity contribution in [3.8, 4) is 5.69 Å². The minimum absolute atomic E-state index is 0.238. The minimum atomic E-state index is -0.238. The highest BCUT2D eigenvalue weighted by atomic mass is 16.1. The van der Waals surface area contributed by atoms with E-state index in [1.165, 1.54) is 0 Å². The molecule has 0 radical (unpaired) electrons. The molecule has 1 amide bonds. The molecule has 3 aromatic rings. The van der Waals surface area contributed by atoms with Crippen LogP contribution in [-0.2, 0) is 0 Å². The van der Waals surface area contributed by atoms with Crippen LogP contribution in [0.15, 0.2) is 67.4 Å². The SMILES string of the molecule is O=C(Nc1ccccc1-n1ccnc1)c1ccccn1. The van der Waals surface area contributed by atoms with Crippen LogP contribution in [0.5, 0.6) is 0 Å². The van der Waals surface area contributed by atoms with E-state index in [0.717, 1.165) is 5.69 Å². The quantitative estimate of drug-likeness (QED) is 0.790. The highest BCUT2D eigenvalue weighted by Crippen LogP contribution is 2.20. The van der Waals surface area contributed by atoms with E-state index in [-0.39, 0.29) is 5.91 Å². The molecule has 1 N–H and O–H groups in total. The van der Waals surface area contributed by atoms with Crippen molar-refractivity contribution < 1.29 is 4.79 Å². The summed E-state index contributed by atoms with van der Waals surface area (Å²) in [7, 11) is 0. The summed E-state index contributed by atoms with van der Waals surface area (Å²) in [5.74, 6) is -0.238. The van der Waals surface area contributed by atoms with E-state index in [9.17, 15) is 4.79 Å². The molecule has 0 bridgehead atoms. The van der Waals surface area contributed by atoms with Crippen molar-refractivity contribution in [2.24, 2.45) is 0 Å². The Balaban J connectivity index is 1.90. The van der Waals surface area contributed by atoms with Crippen LogP contribution in [0.3, 0.4) is 0 Å². The Kier molecular flexibility index (Phi) is 3.24. The van der Waals surface area contributed by atoms with Gasteiger partial charge in [0.1, 0.15) is 5.69 Å². The Labute approximate surface area is 115 Å². The molecule has 2 aromatic heterocycles. The number of pyridine rings is 1. The van der Waals surface area contributed by atoms with E-state index in [2.05, 4.69) is 15.3 Å². The summed E-state index contributed by atoms with van der Waals surface area (Å²) in [5, 5.41) is 2.87. The summed E-state index contributed by atoms with van der Waals surface area (Å²) in [5.41, 5.74) is 1.95. The number of hydrogen-bond acceptors (Lipinski definition) is 3. The number of carbonyl (C=O) groups excluding carboxylic acids is 1. The Hall–Kier alpha value is -2.95. The van der Waals surface area contributed by atoms with Gasteiger partial charge in [-0.1, -0.05) is 18.2 Å². The first-order valence-electron chi connectivity index (χ1n) is 6.14. The summed E-state index contributed by atoms with van der Waals surface area (Å²) < 4.78 is 1.84. The van der Waals surface area contributed by atoms with Gasteiger partial charge in [-0.25, -0.2) is 4.98 Å². The summed E-state index contributed by atoms with van der Waals surface area (Å²) in [6, 6.07) is 12.8. The van der Waals surface area contributed by atoms with Gasteiger partial charge in [-0.05, 0) is 24.3 Å². The van der Waals surface area contributed by atoms with E-state index in [4.69, 9.17) is 0 Å². The number of amides is 1. The van der Waals surface area contributed by atoms with Crippen LogP contribution >= 0.6 is 0 Å². The van der Waals surface area contributed by atoms with Crippen molar-refractivity contribution in [3.63, 3.8) is 0 Å². The highest BCUT2D eigenvalue weighted by molar-refractivity contribution is 6.03. The van der Waals surface area contributed by atoms with Crippen molar-refractivity contribution in [1.82, 2.24) is 14.5 Å². The van der Waals surface area contributed by atoms with Crippen LogP contribution in [0.2, 0.25) is 0 Å². The van der Waals surface area contributed by atoms with Crippen molar-refractivity contribution in [3.05, 3.63) is 73.1 Å². The Morgan fingerprint density at radius 1 is 1.05 bits per heavy atom. The number of anilines is 1. The molecule has 3 rings (SSSR count). The number of para-hydroxylation sites is 2. The highest BCUT2D eigenvalue weighted by Gasteiger charge is 2.10.